The van der Waals surface area contributed by atoms with E-state index in [-0.39, 0.29) is 5.84 Å². The van der Waals surface area contributed by atoms with E-state index in [1.54, 1.807) is 0 Å². The number of hydrogen-bond donors (Lipinski definition) is 2. The SMILES string of the molecule is CCC1CN(Cc2ccccc2C(=N)N)CCS1. The fourth-order valence-corrected chi connectivity index (χ4v) is 3.58. The van der Waals surface area contributed by atoms with Crippen LogP contribution in [0.1, 0.15) is 24.5 Å². The van der Waals surface area contributed by atoms with Crippen LogP contribution in [-0.2, 0) is 6.54 Å². The van der Waals surface area contributed by atoms with Gasteiger partial charge in [0.2, 0.25) is 0 Å². The standard InChI is InChI=1S/C14H21N3S/c1-2-12-10-17(7-8-18-12)9-11-5-3-4-6-13(11)14(15)16/h3-6,12H,2,7-10H2,1H3,(H3,15,16). The molecule has 3 N–H and O–H groups in total. The molecule has 0 aromatic heterocycles. The molecule has 18 heavy (non-hydrogen) atoms. The highest BCUT2D eigenvalue weighted by molar-refractivity contribution is 8.00. The van der Waals surface area contributed by atoms with Crippen molar-refractivity contribution < 1.29 is 0 Å². The number of hydrogen-bond acceptors (Lipinski definition) is 3. The van der Waals surface area contributed by atoms with E-state index in [0.29, 0.717) is 0 Å². The van der Waals surface area contributed by atoms with Gasteiger partial charge in [0, 0.05) is 36.2 Å². The van der Waals surface area contributed by atoms with E-state index in [1.807, 2.05) is 18.2 Å². The Morgan fingerprint density at radius 3 is 3.00 bits per heavy atom. The number of amidine groups is 1. The minimum atomic E-state index is 0.170. The average Bonchev–Trinajstić information content (AvgIpc) is 2.39. The number of nitrogen functional groups attached to an aromatic ring is 1. The Kier molecular flexibility index (Phi) is 4.66. The molecule has 0 spiro atoms. The normalized spacial score (nSPS) is 20.8. The van der Waals surface area contributed by atoms with E-state index < -0.39 is 0 Å². The minimum absolute atomic E-state index is 0.170. The molecule has 0 saturated carbocycles. The molecule has 0 radical (unpaired) electrons. The molecule has 1 unspecified atom stereocenters. The summed E-state index contributed by atoms with van der Waals surface area (Å²) in [7, 11) is 0. The van der Waals surface area contributed by atoms with Crippen molar-refractivity contribution in [2.45, 2.75) is 25.1 Å². The highest BCUT2D eigenvalue weighted by atomic mass is 32.2. The second-order valence-electron chi connectivity index (χ2n) is 4.71. The summed E-state index contributed by atoms with van der Waals surface area (Å²) in [6.07, 6.45) is 1.23. The van der Waals surface area contributed by atoms with Crippen molar-refractivity contribution in [3.8, 4) is 0 Å². The number of rotatable bonds is 4. The van der Waals surface area contributed by atoms with E-state index >= 15 is 0 Å². The molecule has 1 fully saturated rings. The molecule has 1 saturated heterocycles. The van der Waals surface area contributed by atoms with Gasteiger partial charge in [-0.05, 0) is 12.0 Å². The summed E-state index contributed by atoms with van der Waals surface area (Å²) >= 11 is 2.08. The molecular formula is C14H21N3S. The highest BCUT2D eigenvalue weighted by Crippen LogP contribution is 2.23. The van der Waals surface area contributed by atoms with Gasteiger partial charge in [-0.1, -0.05) is 31.2 Å². The maximum atomic E-state index is 7.62. The quantitative estimate of drug-likeness (QED) is 0.647. The van der Waals surface area contributed by atoms with Gasteiger partial charge in [0.05, 0.1) is 0 Å². The van der Waals surface area contributed by atoms with Gasteiger partial charge in [0.25, 0.3) is 0 Å². The van der Waals surface area contributed by atoms with Crippen LogP contribution in [0, 0.1) is 5.41 Å². The van der Waals surface area contributed by atoms with Crippen LogP contribution in [0.15, 0.2) is 24.3 Å². The Morgan fingerprint density at radius 2 is 2.28 bits per heavy atom. The lowest BCUT2D eigenvalue weighted by Crippen LogP contribution is -2.37. The van der Waals surface area contributed by atoms with Crippen molar-refractivity contribution >= 4 is 17.6 Å². The first-order chi connectivity index (χ1) is 8.70. The summed E-state index contributed by atoms with van der Waals surface area (Å²) in [5.41, 5.74) is 7.69. The van der Waals surface area contributed by atoms with Crippen LogP contribution < -0.4 is 5.73 Å². The van der Waals surface area contributed by atoms with Crippen LogP contribution in [0.2, 0.25) is 0 Å². The molecule has 1 aromatic carbocycles. The van der Waals surface area contributed by atoms with Gasteiger partial charge in [-0.25, -0.2) is 0 Å². The Morgan fingerprint density at radius 1 is 1.50 bits per heavy atom. The molecule has 1 aliphatic heterocycles. The zero-order valence-electron chi connectivity index (χ0n) is 10.9. The third kappa shape index (κ3) is 3.27. The number of nitrogens with two attached hydrogens (primary N) is 1. The van der Waals surface area contributed by atoms with Gasteiger partial charge in [-0.3, -0.25) is 10.3 Å². The molecule has 1 atom stereocenters. The van der Waals surface area contributed by atoms with Crippen LogP contribution in [0.25, 0.3) is 0 Å². The summed E-state index contributed by atoms with van der Waals surface area (Å²) in [6.45, 7) is 5.44. The second-order valence-corrected chi connectivity index (χ2v) is 6.12. The molecule has 1 heterocycles. The maximum Gasteiger partial charge on any atom is 0.123 e. The predicted molar refractivity (Wildman–Crippen MR) is 79.3 cm³/mol. The van der Waals surface area contributed by atoms with Gasteiger partial charge in [0.15, 0.2) is 0 Å². The fourth-order valence-electron chi connectivity index (χ4n) is 2.33. The average molecular weight is 263 g/mol. The second kappa shape index (κ2) is 6.25. The fraction of sp³-hybridized carbons (Fsp3) is 0.500. The van der Waals surface area contributed by atoms with Crippen molar-refractivity contribution in [2.24, 2.45) is 5.73 Å². The summed E-state index contributed by atoms with van der Waals surface area (Å²) in [5.74, 6) is 1.38. The first-order valence-electron chi connectivity index (χ1n) is 6.47. The number of nitrogens with one attached hydrogen (secondary N) is 1. The number of thioether (sulfide) groups is 1. The van der Waals surface area contributed by atoms with Gasteiger partial charge < -0.3 is 5.73 Å². The molecule has 3 nitrogen and oxygen atoms in total. The smallest absolute Gasteiger partial charge is 0.123 e. The highest BCUT2D eigenvalue weighted by Gasteiger charge is 2.19. The zero-order chi connectivity index (χ0) is 13.0. The monoisotopic (exact) mass is 263 g/mol. The Balaban J connectivity index is 2.07. The number of nitrogens with zero attached hydrogens (tertiary/aromatic N) is 1. The van der Waals surface area contributed by atoms with Gasteiger partial charge in [-0.15, -0.1) is 0 Å². The van der Waals surface area contributed by atoms with Gasteiger partial charge in [-0.2, -0.15) is 11.8 Å². The molecule has 0 amide bonds. The van der Waals surface area contributed by atoms with E-state index in [0.717, 1.165) is 30.4 Å². The maximum absolute atomic E-state index is 7.62. The van der Waals surface area contributed by atoms with Crippen molar-refractivity contribution in [3.63, 3.8) is 0 Å². The van der Waals surface area contributed by atoms with Crippen LogP contribution in [0.3, 0.4) is 0 Å². The summed E-state index contributed by atoms with van der Waals surface area (Å²) in [4.78, 5) is 2.48. The van der Waals surface area contributed by atoms with Crippen molar-refractivity contribution in [1.82, 2.24) is 4.90 Å². The topological polar surface area (TPSA) is 53.1 Å². The lowest BCUT2D eigenvalue weighted by Gasteiger charge is -2.32. The van der Waals surface area contributed by atoms with E-state index in [9.17, 15) is 0 Å². The Labute approximate surface area is 113 Å². The molecule has 0 aliphatic carbocycles. The largest absolute Gasteiger partial charge is 0.384 e. The third-order valence-electron chi connectivity index (χ3n) is 3.38. The molecule has 1 aliphatic rings. The molecule has 98 valence electrons. The molecule has 0 bridgehead atoms. The van der Waals surface area contributed by atoms with Crippen molar-refractivity contribution in [2.75, 3.05) is 18.8 Å². The summed E-state index contributed by atoms with van der Waals surface area (Å²) in [6, 6.07) is 7.99. The van der Waals surface area contributed by atoms with Crippen LogP contribution in [0.4, 0.5) is 0 Å². The summed E-state index contributed by atoms with van der Waals surface area (Å²) in [5, 5.41) is 8.38. The van der Waals surface area contributed by atoms with Crippen LogP contribution in [-0.4, -0.2) is 34.8 Å². The Hall–Kier alpha value is -1.00. The molecule has 2 rings (SSSR count). The Bertz CT molecular complexity index is 419. The molecular weight excluding hydrogens is 242 g/mol. The lowest BCUT2D eigenvalue weighted by atomic mass is 10.1. The van der Waals surface area contributed by atoms with E-state index in [2.05, 4.69) is 29.7 Å². The van der Waals surface area contributed by atoms with Crippen LogP contribution in [0.5, 0.6) is 0 Å². The van der Waals surface area contributed by atoms with Crippen molar-refractivity contribution in [1.29, 1.82) is 5.41 Å². The first kappa shape index (κ1) is 13.4. The molecule has 1 aromatic rings. The number of benzene rings is 1. The van der Waals surface area contributed by atoms with E-state index in [1.165, 1.54) is 17.7 Å². The third-order valence-corrected chi connectivity index (χ3v) is 4.75. The minimum Gasteiger partial charge on any atom is -0.384 e. The van der Waals surface area contributed by atoms with E-state index in [4.69, 9.17) is 11.1 Å². The molecule has 4 heteroatoms. The predicted octanol–water partition coefficient (Wildman–Crippen LogP) is 2.30. The van der Waals surface area contributed by atoms with Gasteiger partial charge >= 0.3 is 0 Å². The first-order valence-corrected chi connectivity index (χ1v) is 7.51. The summed E-state index contributed by atoms with van der Waals surface area (Å²) < 4.78 is 0. The van der Waals surface area contributed by atoms with Crippen LogP contribution >= 0.6 is 11.8 Å². The van der Waals surface area contributed by atoms with Gasteiger partial charge in [0.1, 0.15) is 5.84 Å². The zero-order valence-corrected chi connectivity index (χ0v) is 11.7. The van der Waals surface area contributed by atoms with Crippen molar-refractivity contribution in [3.05, 3.63) is 35.4 Å². The lowest BCUT2D eigenvalue weighted by molar-refractivity contribution is 0.273.